The monoisotopic (exact) mass is 344 g/mol. The number of rotatable bonds is 3. The van der Waals surface area contributed by atoms with Crippen molar-refractivity contribution in [3.05, 3.63) is 40.6 Å². The second kappa shape index (κ2) is 8.24. The van der Waals surface area contributed by atoms with Crippen molar-refractivity contribution in [2.24, 2.45) is 23.6 Å². The summed E-state index contributed by atoms with van der Waals surface area (Å²) in [7, 11) is 0. The van der Waals surface area contributed by atoms with Gasteiger partial charge >= 0.3 is 0 Å². The Hall–Kier alpha value is -1.23. The topological polar surface area (TPSA) is 46.3 Å². The van der Waals surface area contributed by atoms with E-state index in [-0.39, 0.29) is 5.92 Å². The molecule has 0 aromatic carbocycles. The van der Waals surface area contributed by atoms with E-state index in [1.54, 1.807) is 11.3 Å². The summed E-state index contributed by atoms with van der Waals surface area (Å²) in [4.78, 5) is 14.1. The number of hydrogen-bond acceptors (Lipinski definition) is 4. The van der Waals surface area contributed by atoms with E-state index in [1.165, 1.54) is 10.5 Å². The molecular formula is C20H28N2OS. The van der Waals surface area contributed by atoms with Crippen LogP contribution in [0.4, 0.5) is 0 Å². The van der Waals surface area contributed by atoms with Gasteiger partial charge in [0.05, 0.1) is 0 Å². The number of nitrogens with zero attached hydrogens (tertiary/aromatic N) is 1. The van der Waals surface area contributed by atoms with Crippen LogP contribution in [0.3, 0.4) is 0 Å². The zero-order valence-electron chi connectivity index (χ0n) is 14.5. The van der Waals surface area contributed by atoms with Gasteiger partial charge in [0.15, 0.2) is 5.78 Å². The maximum Gasteiger partial charge on any atom is 0.159 e. The average Bonchev–Trinajstić information content (AvgIpc) is 3.13. The maximum absolute atomic E-state index is 12.8. The van der Waals surface area contributed by atoms with Crippen molar-refractivity contribution in [1.82, 2.24) is 5.01 Å². The molecule has 1 aliphatic heterocycles. The third kappa shape index (κ3) is 4.24. The van der Waals surface area contributed by atoms with Crippen LogP contribution in [-0.2, 0) is 4.79 Å². The normalized spacial score (nSPS) is 25.7. The largest absolute Gasteiger partial charge is 0.295 e. The molecule has 3 rings (SSSR count). The minimum Gasteiger partial charge on any atom is -0.295 e. The predicted octanol–water partition coefficient (Wildman–Crippen LogP) is 4.28. The van der Waals surface area contributed by atoms with Crippen LogP contribution in [0.15, 0.2) is 35.7 Å². The highest BCUT2D eigenvalue weighted by Crippen LogP contribution is 2.34. The Balaban J connectivity index is 1.70. The molecule has 2 heterocycles. The molecule has 0 amide bonds. The van der Waals surface area contributed by atoms with Gasteiger partial charge in [-0.25, -0.2) is 5.01 Å². The van der Waals surface area contributed by atoms with Gasteiger partial charge in [-0.2, -0.15) is 0 Å². The van der Waals surface area contributed by atoms with E-state index >= 15 is 0 Å². The van der Waals surface area contributed by atoms with Crippen LogP contribution >= 0.6 is 11.3 Å². The highest BCUT2D eigenvalue weighted by Gasteiger charge is 2.31. The zero-order valence-corrected chi connectivity index (χ0v) is 15.3. The number of ketones is 1. The highest BCUT2D eigenvalue weighted by atomic mass is 32.1. The molecule has 2 aliphatic rings. The fraction of sp³-hybridized carbons (Fsp3) is 0.550. The maximum atomic E-state index is 12.8. The molecule has 0 bridgehead atoms. The summed E-state index contributed by atoms with van der Waals surface area (Å²) < 4.78 is 0. The molecular weight excluding hydrogens is 316 g/mol. The number of hydrogen-bond donors (Lipinski definition) is 1. The van der Waals surface area contributed by atoms with Crippen molar-refractivity contribution >= 4 is 22.7 Å². The predicted molar refractivity (Wildman–Crippen MR) is 101 cm³/mol. The molecule has 2 unspecified atom stereocenters. The van der Waals surface area contributed by atoms with Crippen molar-refractivity contribution in [3.63, 3.8) is 0 Å². The molecule has 0 saturated carbocycles. The van der Waals surface area contributed by atoms with Gasteiger partial charge < -0.3 is 0 Å². The van der Waals surface area contributed by atoms with Crippen LogP contribution in [0.25, 0.3) is 5.57 Å². The minimum atomic E-state index is 0.159. The van der Waals surface area contributed by atoms with E-state index in [1.807, 2.05) is 17.2 Å². The van der Waals surface area contributed by atoms with Crippen molar-refractivity contribution in [3.8, 4) is 0 Å². The molecule has 1 aromatic rings. The third-order valence-electron chi connectivity index (χ3n) is 5.63. The number of allylic oxidation sites excluding steroid dienone is 4. The van der Waals surface area contributed by atoms with Gasteiger partial charge in [0.25, 0.3) is 0 Å². The van der Waals surface area contributed by atoms with Gasteiger partial charge in [-0.15, -0.1) is 11.3 Å². The van der Waals surface area contributed by atoms with Gasteiger partial charge in [0.1, 0.15) is 0 Å². The lowest BCUT2D eigenvalue weighted by atomic mass is 9.74. The second-order valence-electron chi connectivity index (χ2n) is 7.14. The van der Waals surface area contributed by atoms with Crippen molar-refractivity contribution in [1.29, 1.82) is 0 Å². The molecule has 1 aliphatic carbocycles. The van der Waals surface area contributed by atoms with Gasteiger partial charge in [0.2, 0.25) is 0 Å². The molecule has 4 heteroatoms. The minimum absolute atomic E-state index is 0.159. The standard InChI is InChI=1S/C20H28N2OS/c1-15(16-10-12-22(21)13-11-16)18-6-3-2-5-17(8-9-19(18)23)20-7-4-14-24-20/h4-5,7-9,14-16,18H,2-3,6,10-13,21H2,1H3. The lowest BCUT2D eigenvalue weighted by Gasteiger charge is -2.35. The molecule has 0 radical (unpaired) electrons. The molecule has 130 valence electrons. The number of piperidine rings is 1. The molecule has 2 atom stereocenters. The lowest BCUT2D eigenvalue weighted by Crippen LogP contribution is -2.41. The van der Waals surface area contributed by atoms with Crippen LogP contribution < -0.4 is 5.84 Å². The molecule has 1 saturated heterocycles. The first-order valence-electron chi connectivity index (χ1n) is 9.10. The summed E-state index contributed by atoms with van der Waals surface area (Å²) in [5.74, 6) is 7.41. The number of nitrogens with two attached hydrogens (primary N) is 1. The third-order valence-corrected chi connectivity index (χ3v) is 6.55. The van der Waals surface area contributed by atoms with Crippen molar-refractivity contribution < 1.29 is 4.79 Å². The number of thiophene rings is 1. The first-order valence-corrected chi connectivity index (χ1v) is 9.98. The molecule has 24 heavy (non-hydrogen) atoms. The fourth-order valence-corrected chi connectivity index (χ4v) is 4.77. The van der Waals surface area contributed by atoms with Crippen LogP contribution in [0.5, 0.6) is 0 Å². The summed E-state index contributed by atoms with van der Waals surface area (Å²) in [6.07, 6.45) is 11.5. The Bertz CT molecular complexity index is 597. The average molecular weight is 345 g/mol. The summed E-state index contributed by atoms with van der Waals surface area (Å²) in [6.45, 7) is 4.18. The highest BCUT2D eigenvalue weighted by molar-refractivity contribution is 7.11. The molecule has 1 aromatic heterocycles. The molecule has 1 fully saturated rings. The zero-order chi connectivity index (χ0) is 16.9. The second-order valence-corrected chi connectivity index (χ2v) is 8.09. The van der Waals surface area contributed by atoms with E-state index in [0.717, 1.165) is 45.2 Å². The van der Waals surface area contributed by atoms with Crippen LogP contribution in [0.1, 0.15) is 43.9 Å². The Morgan fingerprint density at radius 2 is 2.04 bits per heavy atom. The van der Waals surface area contributed by atoms with E-state index in [0.29, 0.717) is 17.6 Å². The van der Waals surface area contributed by atoms with E-state index in [9.17, 15) is 4.79 Å². The van der Waals surface area contributed by atoms with Crippen LogP contribution in [-0.4, -0.2) is 23.9 Å². The van der Waals surface area contributed by atoms with Gasteiger partial charge in [-0.05, 0) is 67.0 Å². The fourth-order valence-electron chi connectivity index (χ4n) is 4.02. The summed E-state index contributed by atoms with van der Waals surface area (Å²) in [6, 6.07) is 4.20. The van der Waals surface area contributed by atoms with Gasteiger partial charge in [-0.3, -0.25) is 10.6 Å². The first-order chi connectivity index (χ1) is 11.6. The lowest BCUT2D eigenvalue weighted by molar-refractivity contribution is -0.120. The van der Waals surface area contributed by atoms with Gasteiger partial charge in [-0.1, -0.05) is 25.1 Å². The first kappa shape index (κ1) is 17.6. The summed E-state index contributed by atoms with van der Waals surface area (Å²) in [5, 5.41) is 4.00. The SMILES string of the molecule is CC(C1CCN(N)CC1)C1CCCC=C(c2cccs2)C=CC1=O. The van der Waals surface area contributed by atoms with E-state index in [2.05, 4.69) is 30.5 Å². The smallest absolute Gasteiger partial charge is 0.159 e. The Kier molecular flexibility index (Phi) is 6.04. The van der Waals surface area contributed by atoms with Crippen molar-refractivity contribution in [2.75, 3.05) is 13.1 Å². The Labute approximate surface area is 149 Å². The molecule has 3 nitrogen and oxygen atoms in total. The number of carbonyl (C=O) groups excluding carboxylic acids is 1. The summed E-state index contributed by atoms with van der Waals surface area (Å²) in [5.41, 5.74) is 1.20. The molecule has 0 spiro atoms. The van der Waals surface area contributed by atoms with Crippen LogP contribution in [0.2, 0.25) is 0 Å². The Morgan fingerprint density at radius 1 is 1.25 bits per heavy atom. The number of hydrazine groups is 1. The van der Waals surface area contributed by atoms with Crippen molar-refractivity contribution in [2.45, 2.75) is 39.0 Å². The Morgan fingerprint density at radius 3 is 2.75 bits per heavy atom. The van der Waals surface area contributed by atoms with Gasteiger partial charge in [0, 0.05) is 23.9 Å². The van der Waals surface area contributed by atoms with E-state index < -0.39 is 0 Å². The quantitative estimate of drug-likeness (QED) is 0.833. The summed E-state index contributed by atoms with van der Waals surface area (Å²) >= 11 is 1.74. The molecule has 2 N–H and O–H groups in total. The van der Waals surface area contributed by atoms with Crippen LogP contribution in [0, 0.1) is 17.8 Å². The number of carbonyl (C=O) groups is 1. The van der Waals surface area contributed by atoms with E-state index in [4.69, 9.17) is 5.84 Å².